The summed E-state index contributed by atoms with van der Waals surface area (Å²) in [5.74, 6) is 1.74. The highest BCUT2D eigenvalue weighted by atomic mass is 16.2. The molecule has 0 aromatic carbocycles. The van der Waals surface area contributed by atoms with Crippen LogP contribution in [-0.4, -0.2) is 70.2 Å². The predicted molar refractivity (Wildman–Crippen MR) is 78.2 cm³/mol. The molecule has 0 atom stereocenters. The van der Waals surface area contributed by atoms with Crippen LogP contribution in [0.25, 0.3) is 5.78 Å². The first-order valence-electron chi connectivity index (χ1n) is 7.04. The zero-order chi connectivity index (χ0) is 14.8. The number of anilines is 1. The van der Waals surface area contributed by atoms with Gasteiger partial charge in [0.1, 0.15) is 12.1 Å². The lowest BCUT2D eigenvalue weighted by Crippen LogP contribution is -2.51. The molecule has 1 fully saturated rings. The van der Waals surface area contributed by atoms with Crippen LogP contribution in [0.5, 0.6) is 0 Å². The molecule has 3 heterocycles. The van der Waals surface area contributed by atoms with Gasteiger partial charge in [-0.15, -0.1) is 0 Å². The third-order valence-electron chi connectivity index (χ3n) is 3.65. The van der Waals surface area contributed by atoms with E-state index < -0.39 is 0 Å². The molecular weight excluding hydrogens is 270 g/mol. The van der Waals surface area contributed by atoms with Gasteiger partial charge in [0.2, 0.25) is 5.91 Å². The van der Waals surface area contributed by atoms with E-state index in [0.717, 1.165) is 37.7 Å². The number of hydrogen-bond donors (Lipinski definition) is 1. The summed E-state index contributed by atoms with van der Waals surface area (Å²) in [7, 11) is 1.79. The van der Waals surface area contributed by atoms with Gasteiger partial charge >= 0.3 is 0 Å². The summed E-state index contributed by atoms with van der Waals surface area (Å²) < 4.78 is 1.75. The molecule has 1 amide bonds. The molecule has 3 rings (SSSR count). The van der Waals surface area contributed by atoms with E-state index in [1.54, 1.807) is 11.6 Å². The van der Waals surface area contributed by atoms with Crippen LogP contribution in [0.1, 0.15) is 5.69 Å². The molecule has 112 valence electrons. The monoisotopic (exact) mass is 289 g/mol. The van der Waals surface area contributed by atoms with Crippen molar-refractivity contribution in [2.24, 2.45) is 0 Å². The minimum atomic E-state index is 0.147. The van der Waals surface area contributed by atoms with Crippen molar-refractivity contribution in [2.75, 3.05) is 44.7 Å². The molecule has 1 saturated heterocycles. The number of aromatic nitrogens is 4. The van der Waals surface area contributed by atoms with E-state index in [0.29, 0.717) is 12.3 Å². The zero-order valence-corrected chi connectivity index (χ0v) is 12.3. The summed E-state index contributed by atoms with van der Waals surface area (Å²) in [6, 6.07) is 2.01. The van der Waals surface area contributed by atoms with Crippen molar-refractivity contribution in [1.82, 2.24) is 29.8 Å². The fraction of sp³-hybridized carbons (Fsp3) is 0.538. The van der Waals surface area contributed by atoms with Gasteiger partial charge in [-0.05, 0) is 14.0 Å². The molecule has 0 radical (unpaired) electrons. The number of rotatable bonds is 3. The first-order valence-corrected chi connectivity index (χ1v) is 7.04. The Balaban J connectivity index is 1.77. The molecule has 2 aromatic heterocycles. The predicted octanol–water partition coefficient (Wildman–Crippen LogP) is -0.699. The van der Waals surface area contributed by atoms with Crippen molar-refractivity contribution in [3.8, 4) is 0 Å². The van der Waals surface area contributed by atoms with Crippen LogP contribution < -0.4 is 10.2 Å². The highest BCUT2D eigenvalue weighted by Crippen LogP contribution is 2.17. The Bertz CT molecular complexity index is 645. The van der Waals surface area contributed by atoms with Gasteiger partial charge in [0, 0.05) is 37.9 Å². The molecule has 2 aromatic rings. The Kier molecular flexibility index (Phi) is 3.70. The number of nitrogens with one attached hydrogen (secondary N) is 1. The SMILES string of the molecule is CNCC(=O)N1CCN(c2cc(C)nc3ncnn23)CC1. The molecule has 1 aliphatic heterocycles. The molecule has 8 nitrogen and oxygen atoms in total. The second-order valence-electron chi connectivity index (χ2n) is 5.13. The van der Waals surface area contributed by atoms with Crippen LogP contribution in [0, 0.1) is 6.92 Å². The van der Waals surface area contributed by atoms with E-state index in [1.807, 2.05) is 17.9 Å². The van der Waals surface area contributed by atoms with Crippen LogP contribution in [0.15, 0.2) is 12.4 Å². The van der Waals surface area contributed by atoms with E-state index in [4.69, 9.17) is 0 Å². The zero-order valence-electron chi connectivity index (χ0n) is 12.3. The molecule has 0 unspecified atom stereocenters. The summed E-state index contributed by atoms with van der Waals surface area (Å²) >= 11 is 0. The first-order chi connectivity index (χ1) is 10.2. The van der Waals surface area contributed by atoms with E-state index >= 15 is 0 Å². The Labute approximate surface area is 122 Å². The van der Waals surface area contributed by atoms with Gasteiger partial charge in [-0.25, -0.2) is 4.98 Å². The van der Waals surface area contributed by atoms with Gasteiger partial charge in [-0.2, -0.15) is 14.6 Å². The van der Waals surface area contributed by atoms with Crippen molar-refractivity contribution >= 4 is 17.5 Å². The Hall–Kier alpha value is -2.22. The second-order valence-corrected chi connectivity index (χ2v) is 5.13. The summed E-state index contributed by atoms with van der Waals surface area (Å²) in [5, 5.41) is 7.13. The largest absolute Gasteiger partial charge is 0.353 e. The van der Waals surface area contributed by atoms with Crippen molar-refractivity contribution in [3.63, 3.8) is 0 Å². The maximum Gasteiger partial charge on any atom is 0.254 e. The average molecular weight is 289 g/mol. The lowest BCUT2D eigenvalue weighted by molar-refractivity contribution is -0.130. The minimum absolute atomic E-state index is 0.147. The maximum atomic E-state index is 11.9. The second kappa shape index (κ2) is 5.65. The third-order valence-corrected chi connectivity index (χ3v) is 3.65. The summed E-state index contributed by atoms with van der Waals surface area (Å²) in [6.07, 6.45) is 1.51. The molecule has 0 bridgehead atoms. The first kappa shape index (κ1) is 13.7. The minimum Gasteiger partial charge on any atom is -0.353 e. The smallest absolute Gasteiger partial charge is 0.254 e. The number of carbonyl (C=O) groups excluding carboxylic acids is 1. The van der Waals surface area contributed by atoms with Crippen molar-refractivity contribution in [2.45, 2.75) is 6.92 Å². The Morgan fingerprint density at radius 1 is 1.33 bits per heavy atom. The normalized spacial score (nSPS) is 15.7. The number of carbonyl (C=O) groups is 1. The molecule has 0 saturated carbocycles. The standard InChI is InChI=1S/C13H19N7O/c1-10-7-11(20-13(17-10)15-9-16-20)18-3-5-19(6-4-18)12(21)8-14-2/h7,9,14H,3-6,8H2,1-2H3. The Morgan fingerprint density at radius 2 is 2.10 bits per heavy atom. The number of amides is 1. The van der Waals surface area contributed by atoms with E-state index in [2.05, 4.69) is 25.3 Å². The average Bonchev–Trinajstić information content (AvgIpc) is 2.95. The number of piperazine rings is 1. The summed E-state index contributed by atoms with van der Waals surface area (Å²) in [4.78, 5) is 24.5. The number of fused-ring (bicyclic) bond motifs is 1. The molecule has 1 aliphatic rings. The maximum absolute atomic E-state index is 11.9. The van der Waals surface area contributed by atoms with Crippen molar-refractivity contribution < 1.29 is 4.79 Å². The van der Waals surface area contributed by atoms with E-state index in [1.165, 1.54) is 6.33 Å². The third kappa shape index (κ3) is 2.66. The summed E-state index contributed by atoms with van der Waals surface area (Å²) in [5.41, 5.74) is 0.916. The number of aryl methyl sites for hydroxylation is 1. The van der Waals surface area contributed by atoms with Gasteiger partial charge < -0.3 is 15.1 Å². The van der Waals surface area contributed by atoms with Crippen molar-refractivity contribution in [3.05, 3.63) is 18.1 Å². The molecule has 0 spiro atoms. The number of nitrogens with zero attached hydrogens (tertiary/aromatic N) is 6. The van der Waals surface area contributed by atoms with E-state index in [9.17, 15) is 4.79 Å². The quantitative estimate of drug-likeness (QED) is 0.805. The lowest BCUT2D eigenvalue weighted by atomic mass is 10.3. The topological polar surface area (TPSA) is 78.7 Å². The number of hydrogen-bond acceptors (Lipinski definition) is 6. The Morgan fingerprint density at radius 3 is 2.81 bits per heavy atom. The highest BCUT2D eigenvalue weighted by Gasteiger charge is 2.22. The van der Waals surface area contributed by atoms with E-state index in [-0.39, 0.29) is 5.91 Å². The van der Waals surface area contributed by atoms with Crippen LogP contribution in [-0.2, 0) is 4.79 Å². The van der Waals surface area contributed by atoms with Crippen molar-refractivity contribution in [1.29, 1.82) is 0 Å². The van der Waals surface area contributed by atoms with Gasteiger partial charge in [-0.1, -0.05) is 0 Å². The van der Waals surface area contributed by atoms with Crippen LogP contribution in [0.2, 0.25) is 0 Å². The van der Waals surface area contributed by atoms with Gasteiger partial charge in [0.25, 0.3) is 5.78 Å². The van der Waals surface area contributed by atoms with Gasteiger partial charge in [0.05, 0.1) is 6.54 Å². The fourth-order valence-electron chi connectivity index (χ4n) is 2.58. The molecule has 0 aliphatic carbocycles. The number of likely N-dealkylation sites (N-methyl/N-ethyl adjacent to an activating group) is 1. The van der Waals surface area contributed by atoms with Crippen LogP contribution in [0.3, 0.4) is 0 Å². The lowest BCUT2D eigenvalue weighted by Gasteiger charge is -2.36. The molecule has 8 heteroatoms. The molecule has 21 heavy (non-hydrogen) atoms. The fourth-order valence-corrected chi connectivity index (χ4v) is 2.58. The highest BCUT2D eigenvalue weighted by molar-refractivity contribution is 5.78. The molecular formula is C13H19N7O. The van der Waals surface area contributed by atoms with Crippen LogP contribution in [0.4, 0.5) is 5.82 Å². The van der Waals surface area contributed by atoms with Crippen LogP contribution >= 0.6 is 0 Å². The van der Waals surface area contributed by atoms with Gasteiger partial charge in [0.15, 0.2) is 0 Å². The summed E-state index contributed by atoms with van der Waals surface area (Å²) in [6.45, 7) is 5.35. The molecule has 1 N–H and O–H groups in total. The van der Waals surface area contributed by atoms with Gasteiger partial charge in [-0.3, -0.25) is 4.79 Å².